The lowest BCUT2D eigenvalue weighted by molar-refractivity contribution is 0.0798. The molecule has 5 heteroatoms. The van der Waals surface area contributed by atoms with Crippen LogP contribution in [0.3, 0.4) is 0 Å². The normalized spacial score (nSPS) is 15.5. The van der Waals surface area contributed by atoms with Crippen LogP contribution in [0.1, 0.15) is 22.5 Å². The highest BCUT2D eigenvalue weighted by molar-refractivity contribution is 7.22. The number of carbonyl (C=O) groups excluding carboxylic acids is 1. The van der Waals surface area contributed by atoms with Crippen molar-refractivity contribution in [1.29, 1.82) is 0 Å². The second kappa shape index (κ2) is 4.44. The lowest BCUT2D eigenvalue weighted by Crippen LogP contribution is -2.26. The molecule has 0 spiro atoms. The Morgan fingerprint density at radius 2 is 2.06 bits per heavy atom. The SMILES string of the molecule is Nc1cccc2c(Cl)c(C(=O)N3CCCC3)sc12. The number of anilines is 1. The molecule has 2 N–H and O–H groups in total. The van der Waals surface area contributed by atoms with Crippen LogP contribution in [-0.4, -0.2) is 23.9 Å². The largest absolute Gasteiger partial charge is 0.398 e. The molecule has 94 valence electrons. The van der Waals surface area contributed by atoms with E-state index in [4.69, 9.17) is 17.3 Å². The fourth-order valence-corrected chi connectivity index (χ4v) is 3.81. The van der Waals surface area contributed by atoms with Gasteiger partial charge in [0.2, 0.25) is 0 Å². The molecular weight excluding hydrogens is 268 g/mol. The number of hydrogen-bond donors (Lipinski definition) is 1. The number of nitrogen functional groups attached to an aromatic ring is 1. The van der Waals surface area contributed by atoms with Crippen LogP contribution in [0.15, 0.2) is 18.2 Å². The van der Waals surface area contributed by atoms with Gasteiger partial charge in [-0.05, 0) is 18.9 Å². The van der Waals surface area contributed by atoms with Gasteiger partial charge in [0.1, 0.15) is 4.88 Å². The lowest BCUT2D eigenvalue weighted by Gasteiger charge is -2.13. The Bertz CT molecular complexity index is 617. The van der Waals surface area contributed by atoms with E-state index < -0.39 is 0 Å². The summed E-state index contributed by atoms with van der Waals surface area (Å²) in [6.45, 7) is 1.66. The summed E-state index contributed by atoms with van der Waals surface area (Å²) in [5, 5.41) is 1.42. The molecule has 3 nitrogen and oxygen atoms in total. The number of amides is 1. The van der Waals surface area contributed by atoms with Gasteiger partial charge in [0, 0.05) is 24.2 Å². The van der Waals surface area contributed by atoms with Gasteiger partial charge in [0.25, 0.3) is 5.91 Å². The number of halogens is 1. The number of fused-ring (bicyclic) bond motifs is 1. The maximum Gasteiger partial charge on any atom is 0.265 e. The molecule has 1 saturated heterocycles. The number of likely N-dealkylation sites (tertiary alicyclic amines) is 1. The van der Waals surface area contributed by atoms with Crippen LogP contribution < -0.4 is 5.73 Å². The molecule has 1 aromatic carbocycles. The van der Waals surface area contributed by atoms with E-state index in [9.17, 15) is 4.79 Å². The Morgan fingerprint density at radius 3 is 2.72 bits per heavy atom. The second-order valence-electron chi connectivity index (χ2n) is 4.47. The topological polar surface area (TPSA) is 46.3 Å². The monoisotopic (exact) mass is 280 g/mol. The number of benzene rings is 1. The van der Waals surface area contributed by atoms with Crippen molar-refractivity contribution in [1.82, 2.24) is 4.90 Å². The van der Waals surface area contributed by atoms with E-state index in [2.05, 4.69) is 0 Å². The maximum absolute atomic E-state index is 12.4. The molecule has 3 rings (SSSR count). The van der Waals surface area contributed by atoms with Gasteiger partial charge in [-0.1, -0.05) is 23.7 Å². The van der Waals surface area contributed by atoms with Gasteiger partial charge in [0.05, 0.1) is 9.72 Å². The summed E-state index contributed by atoms with van der Waals surface area (Å²) < 4.78 is 0.907. The fourth-order valence-electron chi connectivity index (χ4n) is 2.31. The molecule has 2 aromatic rings. The van der Waals surface area contributed by atoms with Crippen molar-refractivity contribution in [2.75, 3.05) is 18.8 Å². The van der Waals surface area contributed by atoms with Gasteiger partial charge in [-0.3, -0.25) is 4.79 Å². The average molecular weight is 281 g/mol. The summed E-state index contributed by atoms with van der Waals surface area (Å²) in [4.78, 5) is 14.8. The number of carbonyl (C=O) groups is 1. The average Bonchev–Trinajstić information content (AvgIpc) is 2.98. The van der Waals surface area contributed by atoms with Crippen LogP contribution in [-0.2, 0) is 0 Å². The van der Waals surface area contributed by atoms with Crippen molar-refractivity contribution in [2.45, 2.75) is 12.8 Å². The first kappa shape index (κ1) is 11.8. The predicted octanol–water partition coefficient (Wildman–Crippen LogP) is 3.37. The minimum Gasteiger partial charge on any atom is -0.398 e. The molecule has 1 aromatic heterocycles. The quantitative estimate of drug-likeness (QED) is 0.814. The van der Waals surface area contributed by atoms with E-state index in [1.807, 2.05) is 23.1 Å². The van der Waals surface area contributed by atoms with Crippen LogP contribution in [0.4, 0.5) is 5.69 Å². The highest BCUT2D eigenvalue weighted by Crippen LogP contribution is 2.39. The van der Waals surface area contributed by atoms with Crippen molar-refractivity contribution in [2.24, 2.45) is 0 Å². The zero-order valence-corrected chi connectivity index (χ0v) is 11.4. The molecule has 1 fully saturated rings. The summed E-state index contributed by atoms with van der Waals surface area (Å²) >= 11 is 7.71. The summed E-state index contributed by atoms with van der Waals surface area (Å²) in [6.07, 6.45) is 2.16. The van der Waals surface area contributed by atoms with Gasteiger partial charge in [-0.2, -0.15) is 0 Å². The molecule has 18 heavy (non-hydrogen) atoms. The number of hydrogen-bond acceptors (Lipinski definition) is 3. The van der Waals surface area contributed by atoms with E-state index in [0.717, 1.165) is 36.0 Å². The molecule has 0 unspecified atom stereocenters. The molecule has 1 aliphatic heterocycles. The third-order valence-corrected chi connectivity index (χ3v) is 5.02. The molecule has 0 aliphatic carbocycles. The number of rotatable bonds is 1. The first-order valence-corrected chi connectivity index (χ1v) is 7.13. The molecule has 0 radical (unpaired) electrons. The highest BCUT2D eigenvalue weighted by Gasteiger charge is 2.24. The standard InChI is InChI=1S/C13H13ClN2OS/c14-10-8-4-3-5-9(15)11(8)18-12(10)13(17)16-6-1-2-7-16/h3-5H,1-2,6-7,15H2. The Balaban J connectivity index is 2.09. The van der Waals surface area contributed by atoms with E-state index in [1.54, 1.807) is 0 Å². The Hall–Kier alpha value is -1.26. The first-order valence-electron chi connectivity index (χ1n) is 5.94. The molecule has 1 amide bonds. The molecule has 0 saturated carbocycles. The molecule has 0 atom stereocenters. The van der Waals surface area contributed by atoms with Gasteiger partial charge in [-0.25, -0.2) is 0 Å². The van der Waals surface area contributed by atoms with E-state index in [0.29, 0.717) is 15.6 Å². The van der Waals surface area contributed by atoms with Crippen molar-refractivity contribution in [3.8, 4) is 0 Å². The van der Waals surface area contributed by atoms with Crippen molar-refractivity contribution >= 4 is 44.6 Å². The lowest BCUT2D eigenvalue weighted by atomic mass is 10.2. The molecule has 0 bridgehead atoms. The Labute approximate surface area is 114 Å². The van der Waals surface area contributed by atoms with Gasteiger partial charge in [-0.15, -0.1) is 11.3 Å². The highest BCUT2D eigenvalue weighted by atomic mass is 35.5. The summed E-state index contributed by atoms with van der Waals surface area (Å²) in [6, 6.07) is 5.60. The smallest absolute Gasteiger partial charge is 0.265 e. The van der Waals surface area contributed by atoms with Crippen molar-refractivity contribution in [3.05, 3.63) is 28.1 Å². The van der Waals surface area contributed by atoms with Crippen molar-refractivity contribution < 1.29 is 4.79 Å². The Morgan fingerprint density at radius 1 is 1.33 bits per heavy atom. The molecule has 1 aliphatic rings. The van der Waals surface area contributed by atoms with Crippen LogP contribution in [0.5, 0.6) is 0 Å². The molecule has 2 heterocycles. The zero-order chi connectivity index (χ0) is 12.7. The van der Waals surface area contributed by atoms with Crippen LogP contribution in [0.25, 0.3) is 10.1 Å². The minimum absolute atomic E-state index is 0.0399. The van der Waals surface area contributed by atoms with E-state index in [1.165, 1.54) is 11.3 Å². The maximum atomic E-state index is 12.4. The second-order valence-corrected chi connectivity index (χ2v) is 5.87. The van der Waals surface area contributed by atoms with Crippen LogP contribution in [0, 0.1) is 0 Å². The number of thiophene rings is 1. The predicted molar refractivity (Wildman–Crippen MR) is 76.4 cm³/mol. The van der Waals surface area contributed by atoms with E-state index in [-0.39, 0.29) is 5.91 Å². The van der Waals surface area contributed by atoms with Gasteiger partial charge < -0.3 is 10.6 Å². The van der Waals surface area contributed by atoms with Gasteiger partial charge in [0.15, 0.2) is 0 Å². The van der Waals surface area contributed by atoms with E-state index >= 15 is 0 Å². The summed E-state index contributed by atoms with van der Waals surface area (Å²) in [5.74, 6) is 0.0399. The molecular formula is C13H13ClN2OS. The number of nitrogens with zero attached hydrogens (tertiary/aromatic N) is 1. The summed E-state index contributed by atoms with van der Waals surface area (Å²) in [5.41, 5.74) is 6.60. The van der Waals surface area contributed by atoms with Crippen LogP contribution in [0.2, 0.25) is 5.02 Å². The Kier molecular flexibility index (Phi) is 2.92. The third-order valence-electron chi connectivity index (χ3n) is 3.27. The number of nitrogens with two attached hydrogens (primary N) is 1. The minimum atomic E-state index is 0.0399. The van der Waals surface area contributed by atoms with Crippen LogP contribution >= 0.6 is 22.9 Å². The fraction of sp³-hybridized carbons (Fsp3) is 0.308. The van der Waals surface area contributed by atoms with Gasteiger partial charge >= 0.3 is 0 Å². The zero-order valence-electron chi connectivity index (χ0n) is 9.78. The third kappa shape index (κ3) is 1.76. The summed E-state index contributed by atoms with van der Waals surface area (Å²) in [7, 11) is 0. The first-order chi connectivity index (χ1) is 8.68. The van der Waals surface area contributed by atoms with Crippen molar-refractivity contribution in [3.63, 3.8) is 0 Å².